The van der Waals surface area contributed by atoms with Crippen molar-refractivity contribution >= 4 is 40.4 Å². The number of hydrogen-bond donors (Lipinski definition) is 1. The predicted octanol–water partition coefficient (Wildman–Crippen LogP) is 3.42. The first kappa shape index (κ1) is 15.1. The standard InChI is InChI=1S/C16H15ClN2O2S/c1-10-12(17)4-2-5-13(10)18-15(20)11-8-19(9-11)16(21)14-6-3-7-22-14/h2-7,11H,8-9H2,1H3,(H,18,20). The maximum Gasteiger partial charge on any atom is 0.263 e. The van der Waals surface area contributed by atoms with Crippen LogP contribution in [0, 0.1) is 12.8 Å². The molecule has 1 aliphatic rings. The number of rotatable bonds is 3. The van der Waals surface area contributed by atoms with Crippen LogP contribution in [0.15, 0.2) is 35.7 Å². The minimum absolute atomic E-state index is 0.00186. The number of benzene rings is 1. The zero-order chi connectivity index (χ0) is 15.7. The van der Waals surface area contributed by atoms with E-state index < -0.39 is 0 Å². The van der Waals surface area contributed by atoms with E-state index in [4.69, 9.17) is 11.6 Å². The third kappa shape index (κ3) is 2.87. The summed E-state index contributed by atoms with van der Waals surface area (Å²) in [4.78, 5) is 26.7. The molecule has 114 valence electrons. The van der Waals surface area contributed by atoms with Gasteiger partial charge in [-0.2, -0.15) is 0 Å². The highest BCUT2D eigenvalue weighted by Gasteiger charge is 2.36. The highest BCUT2D eigenvalue weighted by molar-refractivity contribution is 7.12. The van der Waals surface area contributed by atoms with Crippen molar-refractivity contribution in [2.24, 2.45) is 5.92 Å². The van der Waals surface area contributed by atoms with Gasteiger partial charge in [-0.05, 0) is 36.1 Å². The second-order valence-corrected chi connectivity index (χ2v) is 6.64. The third-order valence-corrected chi connectivity index (χ3v) is 5.06. The minimum Gasteiger partial charge on any atom is -0.336 e. The molecule has 2 amide bonds. The number of amides is 2. The average Bonchev–Trinajstić information content (AvgIpc) is 2.96. The summed E-state index contributed by atoms with van der Waals surface area (Å²) in [5.74, 6) is -0.235. The molecule has 0 saturated carbocycles. The molecule has 4 nitrogen and oxygen atoms in total. The van der Waals surface area contributed by atoms with Gasteiger partial charge in [-0.15, -0.1) is 11.3 Å². The summed E-state index contributed by atoms with van der Waals surface area (Å²) in [6, 6.07) is 9.07. The Bertz CT molecular complexity index is 709. The van der Waals surface area contributed by atoms with E-state index in [-0.39, 0.29) is 17.7 Å². The van der Waals surface area contributed by atoms with Crippen LogP contribution in [-0.2, 0) is 4.79 Å². The summed E-state index contributed by atoms with van der Waals surface area (Å²) >= 11 is 7.46. The largest absolute Gasteiger partial charge is 0.336 e. The molecule has 0 atom stereocenters. The van der Waals surface area contributed by atoms with Crippen molar-refractivity contribution in [1.29, 1.82) is 0 Å². The lowest BCUT2D eigenvalue weighted by atomic mass is 9.98. The zero-order valence-corrected chi connectivity index (χ0v) is 13.6. The first-order valence-electron chi connectivity index (χ1n) is 6.95. The molecule has 1 aliphatic heterocycles. The van der Waals surface area contributed by atoms with Crippen molar-refractivity contribution in [2.75, 3.05) is 18.4 Å². The van der Waals surface area contributed by atoms with E-state index in [2.05, 4.69) is 5.32 Å². The van der Waals surface area contributed by atoms with Crippen LogP contribution in [0.25, 0.3) is 0 Å². The van der Waals surface area contributed by atoms with E-state index in [1.54, 1.807) is 23.1 Å². The van der Waals surface area contributed by atoms with E-state index in [1.165, 1.54) is 11.3 Å². The minimum atomic E-state index is -0.165. The molecule has 0 spiro atoms. The highest BCUT2D eigenvalue weighted by atomic mass is 35.5. The molecule has 1 N–H and O–H groups in total. The Morgan fingerprint density at radius 3 is 2.73 bits per heavy atom. The van der Waals surface area contributed by atoms with Gasteiger partial charge in [0.25, 0.3) is 5.91 Å². The number of halogens is 1. The summed E-state index contributed by atoms with van der Waals surface area (Å²) in [7, 11) is 0. The van der Waals surface area contributed by atoms with Gasteiger partial charge in [0, 0.05) is 23.8 Å². The lowest BCUT2D eigenvalue weighted by molar-refractivity contribution is -0.123. The number of anilines is 1. The fraction of sp³-hybridized carbons (Fsp3) is 0.250. The molecule has 1 saturated heterocycles. The zero-order valence-electron chi connectivity index (χ0n) is 12.0. The Labute approximate surface area is 137 Å². The summed E-state index contributed by atoms with van der Waals surface area (Å²) in [6.45, 7) is 2.79. The summed E-state index contributed by atoms with van der Waals surface area (Å²) < 4.78 is 0. The van der Waals surface area contributed by atoms with Gasteiger partial charge in [0.1, 0.15) is 0 Å². The number of thiophene rings is 1. The highest BCUT2D eigenvalue weighted by Crippen LogP contribution is 2.26. The van der Waals surface area contributed by atoms with Crippen molar-refractivity contribution in [3.63, 3.8) is 0 Å². The van der Waals surface area contributed by atoms with Gasteiger partial charge < -0.3 is 10.2 Å². The summed E-state index contributed by atoms with van der Waals surface area (Å²) in [5.41, 5.74) is 1.57. The number of nitrogens with one attached hydrogen (secondary N) is 1. The number of carbonyl (C=O) groups is 2. The molecule has 2 heterocycles. The summed E-state index contributed by atoms with van der Waals surface area (Å²) in [6.07, 6.45) is 0. The maximum atomic E-state index is 12.2. The van der Waals surface area contributed by atoms with Crippen molar-refractivity contribution in [3.05, 3.63) is 51.2 Å². The molecule has 2 aromatic rings. The quantitative estimate of drug-likeness (QED) is 0.935. The van der Waals surface area contributed by atoms with Crippen molar-refractivity contribution < 1.29 is 9.59 Å². The Morgan fingerprint density at radius 2 is 2.05 bits per heavy atom. The van der Waals surface area contributed by atoms with Gasteiger partial charge in [0.2, 0.25) is 5.91 Å². The lowest BCUT2D eigenvalue weighted by Gasteiger charge is -2.38. The Kier molecular flexibility index (Phi) is 4.18. The van der Waals surface area contributed by atoms with E-state index in [0.29, 0.717) is 23.0 Å². The topological polar surface area (TPSA) is 49.4 Å². The van der Waals surface area contributed by atoms with E-state index in [0.717, 1.165) is 11.3 Å². The Balaban J connectivity index is 1.58. The molecule has 22 heavy (non-hydrogen) atoms. The molecule has 3 rings (SSSR count). The average molecular weight is 335 g/mol. The lowest BCUT2D eigenvalue weighted by Crippen LogP contribution is -2.54. The Morgan fingerprint density at radius 1 is 1.27 bits per heavy atom. The Hall–Kier alpha value is -1.85. The molecule has 0 bridgehead atoms. The van der Waals surface area contributed by atoms with E-state index in [1.807, 2.05) is 24.4 Å². The molecule has 1 aromatic heterocycles. The summed E-state index contributed by atoms with van der Waals surface area (Å²) in [5, 5.41) is 5.39. The SMILES string of the molecule is Cc1c(Cl)cccc1NC(=O)C1CN(C(=O)c2cccs2)C1. The van der Waals surface area contributed by atoms with Gasteiger partial charge in [-0.25, -0.2) is 0 Å². The molecule has 0 aliphatic carbocycles. The van der Waals surface area contributed by atoms with Gasteiger partial charge in [0.05, 0.1) is 10.8 Å². The fourth-order valence-corrected chi connectivity index (χ4v) is 3.21. The van der Waals surface area contributed by atoms with Crippen LogP contribution in [0.1, 0.15) is 15.2 Å². The van der Waals surface area contributed by atoms with Crippen molar-refractivity contribution in [2.45, 2.75) is 6.92 Å². The van der Waals surface area contributed by atoms with Gasteiger partial charge in [0.15, 0.2) is 0 Å². The van der Waals surface area contributed by atoms with Crippen LogP contribution in [0.2, 0.25) is 5.02 Å². The molecule has 0 unspecified atom stereocenters. The van der Waals surface area contributed by atoms with Crippen LogP contribution >= 0.6 is 22.9 Å². The monoisotopic (exact) mass is 334 g/mol. The number of likely N-dealkylation sites (tertiary alicyclic amines) is 1. The first-order chi connectivity index (χ1) is 10.6. The van der Waals surface area contributed by atoms with Crippen LogP contribution in [0.5, 0.6) is 0 Å². The number of hydrogen-bond acceptors (Lipinski definition) is 3. The second kappa shape index (κ2) is 6.10. The molecule has 6 heteroatoms. The fourth-order valence-electron chi connectivity index (χ4n) is 2.34. The van der Waals surface area contributed by atoms with Crippen LogP contribution in [-0.4, -0.2) is 29.8 Å². The number of nitrogens with zero attached hydrogens (tertiary/aromatic N) is 1. The van der Waals surface area contributed by atoms with Gasteiger partial charge in [-0.3, -0.25) is 9.59 Å². The molecular formula is C16H15ClN2O2S. The maximum absolute atomic E-state index is 12.2. The van der Waals surface area contributed by atoms with Crippen LogP contribution in [0.4, 0.5) is 5.69 Å². The normalized spacial score (nSPS) is 14.5. The van der Waals surface area contributed by atoms with Crippen LogP contribution in [0.3, 0.4) is 0 Å². The molecule has 1 fully saturated rings. The van der Waals surface area contributed by atoms with Gasteiger partial charge in [-0.1, -0.05) is 23.7 Å². The smallest absolute Gasteiger partial charge is 0.263 e. The molecular weight excluding hydrogens is 320 g/mol. The van der Waals surface area contributed by atoms with Crippen molar-refractivity contribution in [3.8, 4) is 0 Å². The van der Waals surface area contributed by atoms with Crippen LogP contribution < -0.4 is 5.32 Å². The van der Waals surface area contributed by atoms with Gasteiger partial charge >= 0.3 is 0 Å². The predicted molar refractivity (Wildman–Crippen MR) is 88.5 cm³/mol. The molecule has 0 radical (unpaired) electrons. The van der Waals surface area contributed by atoms with E-state index in [9.17, 15) is 9.59 Å². The van der Waals surface area contributed by atoms with Crippen molar-refractivity contribution in [1.82, 2.24) is 4.90 Å². The molecule has 1 aromatic carbocycles. The van der Waals surface area contributed by atoms with E-state index >= 15 is 0 Å². The second-order valence-electron chi connectivity index (χ2n) is 5.29. The third-order valence-electron chi connectivity index (χ3n) is 3.80. The number of carbonyl (C=O) groups excluding carboxylic acids is 2. The first-order valence-corrected chi connectivity index (χ1v) is 8.21.